The van der Waals surface area contributed by atoms with Gasteiger partial charge >= 0.3 is 0 Å². The second-order valence-electron chi connectivity index (χ2n) is 4.54. The van der Waals surface area contributed by atoms with E-state index in [0.29, 0.717) is 25.6 Å². The summed E-state index contributed by atoms with van der Waals surface area (Å²) in [5.74, 6) is 0.471. The molecule has 2 N–H and O–H groups in total. The predicted octanol–water partition coefficient (Wildman–Crippen LogP) is 0.219. The van der Waals surface area contributed by atoms with Crippen molar-refractivity contribution < 1.29 is 9.53 Å². The molecule has 14 heavy (non-hydrogen) atoms. The van der Waals surface area contributed by atoms with Crippen LogP contribution in [0.4, 0.5) is 0 Å². The summed E-state index contributed by atoms with van der Waals surface area (Å²) in [6, 6.07) is 0. The van der Waals surface area contributed by atoms with Crippen LogP contribution in [-0.4, -0.2) is 43.2 Å². The molecule has 0 spiro atoms. The SMILES string of the molecule is CC(C)CN(C)C(=O)C1(N)CCOC1. The van der Waals surface area contributed by atoms with Crippen molar-refractivity contribution in [1.82, 2.24) is 4.90 Å². The quantitative estimate of drug-likeness (QED) is 0.709. The number of carbonyl (C=O) groups excluding carboxylic acids is 1. The maximum absolute atomic E-state index is 11.9. The fraction of sp³-hybridized carbons (Fsp3) is 0.900. The molecule has 0 bridgehead atoms. The number of ether oxygens (including phenoxy) is 1. The number of nitrogens with zero attached hydrogens (tertiary/aromatic N) is 1. The first kappa shape index (κ1) is 11.5. The molecule has 0 aromatic heterocycles. The predicted molar refractivity (Wildman–Crippen MR) is 54.8 cm³/mol. The van der Waals surface area contributed by atoms with E-state index in [1.54, 1.807) is 11.9 Å². The molecule has 82 valence electrons. The Hall–Kier alpha value is -0.610. The van der Waals surface area contributed by atoms with Gasteiger partial charge in [0.05, 0.1) is 6.61 Å². The Balaban J connectivity index is 2.55. The average molecular weight is 200 g/mol. The van der Waals surface area contributed by atoms with Crippen LogP contribution < -0.4 is 5.73 Å². The van der Waals surface area contributed by atoms with Crippen molar-refractivity contribution in [3.05, 3.63) is 0 Å². The van der Waals surface area contributed by atoms with Gasteiger partial charge in [-0.15, -0.1) is 0 Å². The minimum atomic E-state index is -0.774. The van der Waals surface area contributed by atoms with Crippen LogP contribution in [0.3, 0.4) is 0 Å². The molecule has 4 nitrogen and oxygen atoms in total. The third kappa shape index (κ3) is 2.45. The number of likely N-dealkylation sites (N-methyl/N-ethyl adjacent to an activating group) is 1. The zero-order valence-corrected chi connectivity index (χ0v) is 9.25. The van der Waals surface area contributed by atoms with Crippen LogP contribution in [0, 0.1) is 5.92 Å². The third-order valence-corrected chi connectivity index (χ3v) is 2.46. The van der Waals surface area contributed by atoms with Gasteiger partial charge in [0.15, 0.2) is 0 Å². The lowest BCUT2D eigenvalue weighted by molar-refractivity contribution is -0.136. The molecule has 0 aliphatic carbocycles. The molecule has 1 amide bonds. The Kier molecular flexibility index (Phi) is 3.50. The molecule has 1 unspecified atom stereocenters. The first-order chi connectivity index (χ1) is 6.46. The molecule has 1 rings (SSSR count). The summed E-state index contributed by atoms with van der Waals surface area (Å²) in [6.07, 6.45) is 0.633. The van der Waals surface area contributed by atoms with E-state index in [0.717, 1.165) is 6.54 Å². The zero-order valence-electron chi connectivity index (χ0n) is 9.25. The molecule has 0 radical (unpaired) electrons. The van der Waals surface area contributed by atoms with Gasteiger partial charge in [-0.05, 0) is 12.3 Å². The van der Waals surface area contributed by atoms with Crippen molar-refractivity contribution in [2.24, 2.45) is 11.7 Å². The molecule has 1 atom stereocenters. The molecule has 1 heterocycles. The second kappa shape index (κ2) is 4.28. The molecule has 4 heteroatoms. The molecule has 0 saturated carbocycles. The van der Waals surface area contributed by atoms with Crippen molar-refractivity contribution in [2.75, 3.05) is 26.8 Å². The topological polar surface area (TPSA) is 55.6 Å². The van der Waals surface area contributed by atoms with E-state index in [1.165, 1.54) is 0 Å². The minimum Gasteiger partial charge on any atom is -0.379 e. The van der Waals surface area contributed by atoms with Crippen molar-refractivity contribution >= 4 is 5.91 Å². The fourth-order valence-electron chi connectivity index (χ4n) is 1.76. The lowest BCUT2D eigenvalue weighted by Gasteiger charge is -2.28. The summed E-state index contributed by atoms with van der Waals surface area (Å²) in [6.45, 7) is 5.86. The maximum Gasteiger partial charge on any atom is 0.244 e. The third-order valence-electron chi connectivity index (χ3n) is 2.46. The van der Waals surface area contributed by atoms with Crippen LogP contribution in [0.2, 0.25) is 0 Å². The molecule has 0 aromatic rings. The van der Waals surface area contributed by atoms with E-state index in [4.69, 9.17) is 10.5 Å². The summed E-state index contributed by atoms with van der Waals surface area (Å²) >= 11 is 0. The van der Waals surface area contributed by atoms with Crippen molar-refractivity contribution in [3.63, 3.8) is 0 Å². The number of carbonyl (C=O) groups is 1. The molecule has 1 aliphatic rings. The van der Waals surface area contributed by atoms with E-state index in [1.807, 2.05) is 0 Å². The number of amides is 1. The Morgan fingerprint density at radius 3 is 2.71 bits per heavy atom. The maximum atomic E-state index is 11.9. The Morgan fingerprint density at radius 1 is 1.64 bits per heavy atom. The largest absolute Gasteiger partial charge is 0.379 e. The lowest BCUT2D eigenvalue weighted by Crippen LogP contribution is -2.55. The number of hydrogen-bond acceptors (Lipinski definition) is 3. The highest BCUT2D eigenvalue weighted by atomic mass is 16.5. The van der Waals surface area contributed by atoms with Gasteiger partial charge in [-0.25, -0.2) is 0 Å². The van der Waals surface area contributed by atoms with E-state index >= 15 is 0 Å². The molecular weight excluding hydrogens is 180 g/mol. The van der Waals surface area contributed by atoms with Crippen LogP contribution in [0.1, 0.15) is 20.3 Å². The highest BCUT2D eigenvalue weighted by molar-refractivity contribution is 5.86. The number of rotatable bonds is 3. The Bertz CT molecular complexity index is 210. The average Bonchev–Trinajstić information content (AvgIpc) is 2.51. The molecule has 1 saturated heterocycles. The van der Waals surface area contributed by atoms with Crippen LogP contribution in [0.15, 0.2) is 0 Å². The van der Waals surface area contributed by atoms with E-state index in [9.17, 15) is 4.79 Å². The van der Waals surface area contributed by atoms with Gasteiger partial charge in [0.25, 0.3) is 0 Å². The van der Waals surface area contributed by atoms with Gasteiger partial charge < -0.3 is 15.4 Å². The highest BCUT2D eigenvalue weighted by Crippen LogP contribution is 2.18. The lowest BCUT2D eigenvalue weighted by atomic mass is 9.98. The van der Waals surface area contributed by atoms with Crippen LogP contribution >= 0.6 is 0 Å². The van der Waals surface area contributed by atoms with E-state index in [2.05, 4.69) is 13.8 Å². The molecule has 1 fully saturated rings. The summed E-state index contributed by atoms with van der Waals surface area (Å²) < 4.78 is 5.16. The fourth-order valence-corrected chi connectivity index (χ4v) is 1.76. The Labute approximate surface area is 85.4 Å². The Morgan fingerprint density at radius 2 is 2.29 bits per heavy atom. The highest BCUT2D eigenvalue weighted by Gasteiger charge is 2.40. The first-order valence-corrected chi connectivity index (χ1v) is 5.08. The summed E-state index contributed by atoms with van der Waals surface area (Å²) in [5, 5.41) is 0. The van der Waals surface area contributed by atoms with Gasteiger partial charge in [-0.3, -0.25) is 4.79 Å². The summed E-state index contributed by atoms with van der Waals surface area (Å²) in [7, 11) is 1.80. The van der Waals surface area contributed by atoms with Crippen LogP contribution in [0.25, 0.3) is 0 Å². The molecular formula is C10H20N2O2. The van der Waals surface area contributed by atoms with Gasteiger partial charge in [-0.1, -0.05) is 13.8 Å². The van der Waals surface area contributed by atoms with Gasteiger partial charge in [0.2, 0.25) is 5.91 Å². The normalized spacial score (nSPS) is 26.9. The molecule has 0 aromatic carbocycles. The number of hydrogen-bond donors (Lipinski definition) is 1. The van der Waals surface area contributed by atoms with Crippen molar-refractivity contribution in [2.45, 2.75) is 25.8 Å². The van der Waals surface area contributed by atoms with E-state index in [-0.39, 0.29) is 5.91 Å². The second-order valence-corrected chi connectivity index (χ2v) is 4.54. The number of nitrogens with two attached hydrogens (primary N) is 1. The molecule has 1 aliphatic heterocycles. The van der Waals surface area contributed by atoms with Gasteiger partial charge in [0.1, 0.15) is 5.54 Å². The zero-order chi connectivity index (χ0) is 10.8. The van der Waals surface area contributed by atoms with E-state index < -0.39 is 5.54 Å². The summed E-state index contributed by atoms with van der Waals surface area (Å²) in [5.41, 5.74) is 5.19. The first-order valence-electron chi connectivity index (χ1n) is 5.08. The van der Waals surface area contributed by atoms with Crippen molar-refractivity contribution in [3.8, 4) is 0 Å². The van der Waals surface area contributed by atoms with Crippen molar-refractivity contribution in [1.29, 1.82) is 0 Å². The summed E-state index contributed by atoms with van der Waals surface area (Å²) in [4.78, 5) is 13.6. The monoisotopic (exact) mass is 200 g/mol. The minimum absolute atomic E-state index is 0.00343. The standard InChI is InChI=1S/C10H20N2O2/c1-8(2)6-12(3)9(13)10(11)4-5-14-7-10/h8H,4-7,11H2,1-3H3. The van der Waals surface area contributed by atoms with Gasteiger partial charge in [0, 0.05) is 20.2 Å². The van der Waals surface area contributed by atoms with Crippen LogP contribution in [-0.2, 0) is 9.53 Å². The van der Waals surface area contributed by atoms with Crippen LogP contribution in [0.5, 0.6) is 0 Å². The smallest absolute Gasteiger partial charge is 0.244 e. The van der Waals surface area contributed by atoms with Gasteiger partial charge in [-0.2, -0.15) is 0 Å².